The van der Waals surface area contributed by atoms with Crippen LogP contribution in [0, 0.1) is 0 Å². The molecular formula is C12H20N2O. The molecule has 0 unspecified atom stereocenters. The van der Waals surface area contributed by atoms with Crippen LogP contribution in [0.25, 0.3) is 0 Å². The van der Waals surface area contributed by atoms with E-state index in [4.69, 9.17) is 10.5 Å². The van der Waals surface area contributed by atoms with Crippen molar-refractivity contribution in [1.82, 2.24) is 5.32 Å². The average molecular weight is 208 g/mol. The highest BCUT2D eigenvalue weighted by atomic mass is 16.5. The van der Waals surface area contributed by atoms with Crippen molar-refractivity contribution < 1.29 is 4.74 Å². The van der Waals surface area contributed by atoms with E-state index < -0.39 is 0 Å². The zero-order chi connectivity index (χ0) is 10.9. The molecule has 0 radical (unpaired) electrons. The predicted molar refractivity (Wildman–Crippen MR) is 63.0 cm³/mol. The van der Waals surface area contributed by atoms with Crippen LogP contribution >= 0.6 is 0 Å². The van der Waals surface area contributed by atoms with Crippen LogP contribution in [0.4, 0.5) is 0 Å². The maximum absolute atomic E-state index is 5.42. The van der Waals surface area contributed by atoms with Gasteiger partial charge in [-0.2, -0.15) is 0 Å². The Bertz CT molecular complexity index is 276. The lowest BCUT2D eigenvalue weighted by Crippen LogP contribution is -2.16. The molecule has 0 aliphatic carbocycles. The molecular weight excluding hydrogens is 188 g/mol. The van der Waals surface area contributed by atoms with E-state index in [1.165, 1.54) is 5.56 Å². The number of unbranched alkanes of at least 4 members (excludes halogenated alkanes) is 1. The van der Waals surface area contributed by atoms with Gasteiger partial charge in [-0.25, -0.2) is 0 Å². The number of para-hydroxylation sites is 1. The standard InChI is InChI=1S/C12H20N2O/c1-15-12-7-3-2-6-11(12)10-14-9-5-4-8-13/h2-3,6-7,14H,4-5,8-10,13H2,1H3. The van der Waals surface area contributed by atoms with Gasteiger partial charge in [0.15, 0.2) is 0 Å². The molecule has 0 fully saturated rings. The van der Waals surface area contributed by atoms with Gasteiger partial charge in [0.25, 0.3) is 0 Å². The summed E-state index contributed by atoms with van der Waals surface area (Å²) in [5.41, 5.74) is 6.62. The fraction of sp³-hybridized carbons (Fsp3) is 0.500. The molecule has 1 rings (SSSR count). The number of hydrogen-bond acceptors (Lipinski definition) is 3. The van der Waals surface area contributed by atoms with Gasteiger partial charge < -0.3 is 15.8 Å². The lowest BCUT2D eigenvalue weighted by atomic mass is 10.2. The van der Waals surface area contributed by atoms with Crippen LogP contribution in [0.5, 0.6) is 5.75 Å². The van der Waals surface area contributed by atoms with Crippen molar-refractivity contribution in [2.75, 3.05) is 20.2 Å². The number of hydrogen-bond donors (Lipinski definition) is 2. The molecule has 1 aromatic rings. The van der Waals surface area contributed by atoms with Crippen molar-refractivity contribution in [3.05, 3.63) is 29.8 Å². The fourth-order valence-corrected chi connectivity index (χ4v) is 1.47. The summed E-state index contributed by atoms with van der Waals surface area (Å²) in [6.45, 7) is 2.64. The van der Waals surface area contributed by atoms with Crippen LogP contribution in [0.1, 0.15) is 18.4 Å². The minimum atomic E-state index is 0.774. The van der Waals surface area contributed by atoms with Gasteiger partial charge in [-0.15, -0.1) is 0 Å². The third-order valence-electron chi connectivity index (χ3n) is 2.32. The summed E-state index contributed by atoms with van der Waals surface area (Å²) in [7, 11) is 1.70. The van der Waals surface area contributed by atoms with Gasteiger partial charge in [0.1, 0.15) is 5.75 Å². The van der Waals surface area contributed by atoms with Crippen LogP contribution < -0.4 is 15.8 Å². The molecule has 0 saturated carbocycles. The molecule has 0 atom stereocenters. The van der Waals surface area contributed by atoms with Crippen LogP contribution in [0.3, 0.4) is 0 Å². The number of benzene rings is 1. The maximum atomic E-state index is 5.42. The minimum absolute atomic E-state index is 0.774. The lowest BCUT2D eigenvalue weighted by molar-refractivity contribution is 0.407. The highest BCUT2D eigenvalue weighted by molar-refractivity contribution is 5.32. The average Bonchev–Trinajstić information content (AvgIpc) is 2.29. The molecule has 15 heavy (non-hydrogen) atoms. The summed E-state index contributed by atoms with van der Waals surface area (Å²) in [6, 6.07) is 8.07. The Morgan fingerprint density at radius 3 is 2.80 bits per heavy atom. The quantitative estimate of drug-likeness (QED) is 0.668. The van der Waals surface area contributed by atoms with Gasteiger partial charge in [0.05, 0.1) is 7.11 Å². The van der Waals surface area contributed by atoms with Crippen molar-refractivity contribution in [2.24, 2.45) is 5.73 Å². The second-order valence-electron chi connectivity index (χ2n) is 3.48. The molecule has 0 amide bonds. The number of methoxy groups -OCH3 is 1. The molecule has 0 saturated heterocycles. The SMILES string of the molecule is COc1ccccc1CNCCCCN. The Hall–Kier alpha value is -1.06. The van der Waals surface area contributed by atoms with Crippen molar-refractivity contribution in [3.63, 3.8) is 0 Å². The van der Waals surface area contributed by atoms with Crippen LogP contribution in [0.2, 0.25) is 0 Å². The Balaban J connectivity index is 2.30. The maximum Gasteiger partial charge on any atom is 0.123 e. The zero-order valence-corrected chi connectivity index (χ0v) is 9.33. The smallest absolute Gasteiger partial charge is 0.123 e. The molecule has 1 aromatic carbocycles. The summed E-state index contributed by atoms with van der Waals surface area (Å²) in [4.78, 5) is 0. The van der Waals surface area contributed by atoms with Gasteiger partial charge in [-0.3, -0.25) is 0 Å². The first kappa shape index (κ1) is 12.0. The Morgan fingerprint density at radius 1 is 1.27 bits per heavy atom. The van der Waals surface area contributed by atoms with E-state index in [1.807, 2.05) is 18.2 Å². The van der Waals surface area contributed by atoms with E-state index >= 15 is 0 Å². The van der Waals surface area contributed by atoms with E-state index in [1.54, 1.807) is 7.11 Å². The molecule has 0 bridgehead atoms. The summed E-state index contributed by atoms with van der Waals surface area (Å²) in [5, 5.41) is 3.38. The van der Waals surface area contributed by atoms with Crippen LogP contribution in [0.15, 0.2) is 24.3 Å². The van der Waals surface area contributed by atoms with Crippen molar-refractivity contribution in [3.8, 4) is 5.75 Å². The van der Waals surface area contributed by atoms with Crippen LogP contribution in [-0.4, -0.2) is 20.2 Å². The fourth-order valence-electron chi connectivity index (χ4n) is 1.47. The molecule has 84 valence electrons. The molecule has 0 aliphatic rings. The zero-order valence-electron chi connectivity index (χ0n) is 9.33. The Morgan fingerprint density at radius 2 is 2.07 bits per heavy atom. The molecule has 3 heteroatoms. The van der Waals surface area contributed by atoms with E-state index in [-0.39, 0.29) is 0 Å². The van der Waals surface area contributed by atoms with Crippen molar-refractivity contribution >= 4 is 0 Å². The first-order valence-electron chi connectivity index (χ1n) is 5.41. The molecule has 3 N–H and O–H groups in total. The number of ether oxygens (including phenoxy) is 1. The Kier molecular flexibility index (Phi) is 5.81. The topological polar surface area (TPSA) is 47.3 Å². The number of nitrogens with one attached hydrogen (secondary N) is 1. The van der Waals surface area contributed by atoms with E-state index in [2.05, 4.69) is 11.4 Å². The largest absolute Gasteiger partial charge is 0.496 e. The molecule has 0 aliphatic heterocycles. The van der Waals surface area contributed by atoms with Gasteiger partial charge in [0.2, 0.25) is 0 Å². The van der Waals surface area contributed by atoms with Gasteiger partial charge in [-0.05, 0) is 32.0 Å². The summed E-state index contributed by atoms with van der Waals surface area (Å²) >= 11 is 0. The predicted octanol–water partition coefficient (Wildman–Crippen LogP) is 1.52. The summed E-state index contributed by atoms with van der Waals surface area (Å²) < 4.78 is 5.26. The normalized spacial score (nSPS) is 10.3. The first-order chi connectivity index (χ1) is 7.38. The monoisotopic (exact) mass is 208 g/mol. The van der Waals surface area contributed by atoms with Crippen molar-refractivity contribution in [2.45, 2.75) is 19.4 Å². The summed E-state index contributed by atoms with van der Waals surface area (Å²) in [6.07, 6.45) is 2.21. The molecule has 0 heterocycles. The van der Waals surface area contributed by atoms with E-state index in [0.717, 1.165) is 38.2 Å². The number of nitrogens with two attached hydrogens (primary N) is 1. The van der Waals surface area contributed by atoms with Crippen molar-refractivity contribution in [1.29, 1.82) is 0 Å². The van der Waals surface area contributed by atoms with Crippen LogP contribution in [-0.2, 0) is 6.54 Å². The minimum Gasteiger partial charge on any atom is -0.496 e. The second kappa shape index (κ2) is 7.26. The lowest BCUT2D eigenvalue weighted by Gasteiger charge is -2.08. The third-order valence-corrected chi connectivity index (χ3v) is 2.32. The van der Waals surface area contributed by atoms with Gasteiger partial charge in [-0.1, -0.05) is 18.2 Å². The van der Waals surface area contributed by atoms with Gasteiger partial charge in [0, 0.05) is 12.1 Å². The highest BCUT2D eigenvalue weighted by Crippen LogP contribution is 2.16. The molecule has 3 nitrogen and oxygen atoms in total. The summed E-state index contributed by atoms with van der Waals surface area (Å²) in [5.74, 6) is 0.948. The first-order valence-corrected chi connectivity index (χ1v) is 5.41. The van der Waals surface area contributed by atoms with E-state index in [0.29, 0.717) is 0 Å². The third kappa shape index (κ3) is 4.32. The number of rotatable bonds is 7. The van der Waals surface area contributed by atoms with E-state index in [9.17, 15) is 0 Å². The highest BCUT2D eigenvalue weighted by Gasteiger charge is 1.99. The van der Waals surface area contributed by atoms with Gasteiger partial charge >= 0.3 is 0 Å². The molecule has 0 spiro atoms. The Labute approximate surface area is 91.6 Å². The molecule has 0 aromatic heterocycles. The second-order valence-corrected chi connectivity index (χ2v) is 3.48.